The zero-order chi connectivity index (χ0) is 13.9. The first-order valence-corrected chi connectivity index (χ1v) is 6.76. The summed E-state index contributed by atoms with van der Waals surface area (Å²) in [5.74, 6) is 1.35. The lowest BCUT2D eigenvalue weighted by Crippen LogP contribution is -2.17. The molecular formula is C15H17N3O2. The highest BCUT2D eigenvalue weighted by molar-refractivity contribution is 5.38. The predicted molar refractivity (Wildman–Crippen MR) is 77.2 cm³/mol. The van der Waals surface area contributed by atoms with Crippen molar-refractivity contribution in [3.63, 3.8) is 0 Å². The van der Waals surface area contributed by atoms with E-state index in [4.69, 9.17) is 4.74 Å². The summed E-state index contributed by atoms with van der Waals surface area (Å²) in [6, 6.07) is 7.78. The van der Waals surface area contributed by atoms with Crippen LogP contribution in [0.1, 0.15) is 23.2 Å². The van der Waals surface area contributed by atoms with Crippen LogP contribution in [0, 0.1) is 0 Å². The largest absolute Gasteiger partial charge is 0.496 e. The molecule has 1 aliphatic rings. The van der Waals surface area contributed by atoms with Crippen LogP contribution >= 0.6 is 0 Å². The number of hydrogen-bond donors (Lipinski definition) is 2. The third kappa shape index (κ3) is 2.39. The number of aryl methyl sites for hydroxylation is 1. The van der Waals surface area contributed by atoms with Gasteiger partial charge in [-0.3, -0.25) is 9.78 Å². The number of anilines is 1. The zero-order valence-electron chi connectivity index (χ0n) is 11.4. The van der Waals surface area contributed by atoms with Gasteiger partial charge in [-0.15, -0.1) is 0 Å². The molecule has 0 radical (unpaired) electrons. The van der Waals surface area contributed by atoms with Crippen molar-refractivity contribution in [2.24, 2.45) is 0 Å². The highest BCUT2D eigenvalue weighted by atomic mass is 16.5. The molecule has 1 aliphatic carbocycles. The monoisotopic (exact) mass is 271 g/mol. The summed E-state index contributed by atoms with van der Waals surface area (Å²) in [6.45, 7) is 0.561. The van der Waals surface area contributed by atoms with Gasteiger partial charge in [0.15, 0.2) is 0 Å². The molecule has 0 amide bonds. The van der Waals surface area contributed by atoms with Crippen molar-refractivity contribution in [3.8, 4) is 5.75 Å². The quantitative estimate of drug-likeness (QED) is 0.891. The van der Waals surface area contributed by atoms with Crippen molar-refractivity contribution in [1.29, 1.82) is 0 Å². The maximum absolute atomic E-state index is 11.9. The first-order chi connectivity index (χ1) is 9.78. The van der Waals surface area contributed by atoms with Crippen molar-refractivity contribution in [2.45, 2.75) is 25.8 Å². The Balaban J connectivity index is 1.79. The van der Waals surface area contributed by atoms with Crippen LogP contribution in [-0.2, 0) is 19.4 Å². The van der Waals surface area contributed by atoms with E-state index in [-0.39, 0.29) is 5.56 Å². The van der Waals surface area contributed by atoms with Crippen LogP contribution in [0.3, 0.4) is 0 Å². The number of nitrogens with one attached hydrogen (secondary N) is 2. The standard InChI is InChI=1S/C15H17N3O2/c1-20-13-8-3-2-5-10(13)9-16-15-17-12-7-4-6-11(12)14(19)18-15/h2-3,5,8H,4,6-7,9H2,1H3,(H2,16,17,18,19). The lowest BCUT2D eigenvalue weighted by molar-refractivity contribution is 0.410. The minimum Gasteiger partial charge on any atom is -0.496 e. The van der Waals surface area contributed by atoms with Gasteiger partial charge in [-0.25, -0.2) is 4.98 Å². The van der Waals surface area contributed by atoms with E-state index in [0.29, 0.717) is 12.5 Å². The zero-order valence-corrected chi connectivity index (χ0v) is 11.4. The molecule has 20 heavy (non-hydrogen) atoms. The normalized spacial score (nSPS) is 13.1. The number of hydrogen-bond acceptors (Lipinski definition) is 4. The van der Waals surface area contributed by atoms with E-state index < -0.39 is 0 Å². The highest BCUT2D eigenvalue weighted by Gasteiger charge is 2.16. The Hall–Kier alpha value is -2.30. The number of rotatable bonds is 4. The average molecular weight is 271 g/mol. The predicted octanol–water partition coefficient (Wildman–Crippen LogP) is 1.88. The minimum absolute atomic E-state index is 0.0185. The molecule has 2 N–H and O–H groups in total. The number of para-hydroxylation sites is 1. The van der Waals surface area contributed by atoms with Crippen LogP contribution in [0.25, 0.3) is 0 Å². The van der Waals surface area contributed by atoms with Crippen LogP contribution in [0.2, 0.25) is 0 Å². The van der Waals surface area contributed by atoms with Gasteiger partial charge < -0.3 is 10.1 Å². The molecule has 1 heterocycles. The fraction of sp³-hybridized carbons (Fsp3) is 0.333. The molecule has 2 aromatic rings. The Morgan fingerprint density at radius 2 is 2.20 bits per heavy atom. The molecule has 0 spiro atoms. The van der Waals surface area contributed by atoms with Crippen LogP contribution < -0.4 is 15.6 Å². The number of methoxy groups -OCH3 is 1. The van der Waals surface area contributed by atoms with Crippen LogP contribution in [0.5, 0.6) is 5.75 Å². The molecular weight excluding hydrogens is 254 g/mol. The summed E-state index contributed by atoms with van der Waals surface area (Å²) in [7, 11) is 1.65. The minimum atomic E-state index is -0.0185. The van der Waals surface area contributed by atoms with Crippen LogP contribution in [0.15, 0.2) is 29.1 Å². The van der Waals surface area contributed by atoms with Gasteiger partial charge in [0.1, 0.15) is 5.75 Å². The van der Waals surface area contributed by atoms with Gasteiger partial charge in [0.05, 0.1) is 12.8 Å². The molecule has 0 bridgehead atoms. The van der Waals surface area contributed by atoms with Gasteiger partial charge >= 0.3 is 0 Å². The SMILES string of the molecule is COc1ccccc1CNc1nc2c(c(=O)[nH]1)CCC2. The van der Waals surface area contributed by atoms with E-state index in [2.05, 4.69) is 15.3 Å². The summed E-state index contributed by atoms with van der Waals surface area (Å²) >= 11 is 0. The number of H-pyrrole nitrogens is 1. The van der Waals surface area contributed by atoms with Crippen molar-refractivity contribution < 1.29 is 4.74 Å². The van der Waals surface area contributed by atoms with Crippen LogP contribution in [-0.4, -0.2) is 17.1 Å². The molecule has 0 unspecified atom stereocenters. The number of aromatic nitrogens is 2. The number of nitrogens with zero attached hydrogens (tertiary/aromatic N) is 1. The van der Waals surface area contributed by atoms with E-state index in [1.54, 1.807) is 7.11 Å². The molecule has 0 atom stereocenters. The van der Waals surface area contributed by atoms with Crippen molar-refractivity contribution in [1.82, 2.24) is 9.97 Å². The maximum atomic E-state index is 11.9. The Bertz CT molecular complexity index is 679. The smallest absolute Gasteiger partial charge is 0.255 e. The van der Waals surface area contributed by atoms with Gasteiger partial charge in [0.2, 0.25) is 5.95 Å². The van der Waals surface area contributed by atoms with Gasteiger partial charge in [-0.1, -0.05) is 18.2 Å². The van der Waals surface area contributed by atoms with Gasteiger partial charge in [0, 0.05) is 17.7 Å². The average Bonchev–Trinajstić information content (AvgIpc) is 2.94. The molecule has 0 saturated carbocycles. The summed E-state index contributed by atoms with van der Waals surface area (Å²) in [6.07, 6.45) is 2.74. The molecule has 5 nitrogen and oxygen atoms in total. The lowest BCUT2D eigenvalue weighted by atomic mass is 10.2. The van der Waals surface area contributed by atoms with Crippen molar-refractivity contribution in [2.75, 3.05) is 12.4 Å². The Kier molecular flexibility index (Phi) is 3.41. The topological polar surface area (TPSA) is 67.0 Å². The van der Waals surface area contributed by atoms with E-state index >= 15 is 0 Å². The van der Waals surface area contributed by atoms with Gasteiger partial charge in [-0.05, 0) is 25.3 Å². The molecule has 1 aromatic carbocycles. The molecule has 0 saturated heterocycles. The first-order valence-electron chi connectivity index (χ1n) is 6.76. The Morgan fingerprint density at radius 3 is 3.05 bits per heavy atom. The van der Waals surface area contributed by atoms with E-state index in [1.165, 1.54) is 0 Å². The van der Waals surface area contributed by atoms with Crippen molar-refractivity contribution >= 4 is 5.95 Å². The number of ether oxygens (including phenoxy) is 1. The second-order valence-corrected chi connectivity index (χ2v) is 4.86. The number of fused-ring (bicyclic) bond motifs is 1. The molecule has 1 aromatic heterocycles. The number of aromatic amines is 1. The highest BCUT2D eigenvalue weighted by Crippen LogP contribution is 2.19. The molecule has 104 valence electrons. The summed E-state index contributed by atoms with van der Waals surface area (Å²) in [4.78, 5) is 19.2. The summed E-state index contributed by atoms with van der Waals surface area (Å²) < 4.78 is 5.30. The third-order valence-electron chi connectivity index (χ3n) is 3.58. The molecule has 3 rings (SSSR count). The number of benzene rings is 1. The van der Waals surface area contributed by atoms with E-state index in [9.17, 15) is 4.79 Å². The Morgan fingerprint density at radius 1 is 1.35 bits per heavy atom. The molecule has 5 heteroatoms. The third-order valence-corrected chi connectivity index (χ3v) is 3.58. The van der Waals surface area contributed by atoms with E-state index in [0.717, 1.165) is 41.8 Å². The fourth-order valence-electron chi connectivity index (χ4n) is 2.55. The summed E-state index contributed by atoms with van der Waals surface area (Å²) in [5, 5.41) is 3.16. The van der Waals surface area contributed by atoms with Gasteiger partial charge in [0.25, 0.3) is 5.56 Å². The fourth-order valence-corrected chi connectivity index (χ4v) is 2.55. The second kappa shape index (κ2) is 5.36. The first kappa shape index (κ1) is 12.7. The van der Waals surface area contributed by atoms with Crippen molar-refractivity contribution in [3.05, 3.63) is 51.4 Å². The summed E-state index contributed by atoms with van der Waals surface area (Å²) in [5.41, 5.74) is 2.78. The van der Waals surface area contributed by atoms with Gasteiger partial charge in [-0.2, -0.15) is 0 Å². The second-order valence-electron chi connectivity index (χ2n) is 4.86. The van der Waals surface area contributed by atoms with E-state index in [1.807, 2.05) is 24.3 Å². The lowest BCUT2D eigenvalue weighted by Gasteiger charge is -2.10. The molecule has 0 fully saturated rings. The Labute approximate surface area is 117 Å². The molecule has 0 aliphatic heterocycles. The maximum Gasteiger partial charge on any atom is 0.255 e. The van der Waals surface area contributed by atoms with Crippen LogP contribution in [0.4, 0.5) is 5.95 Å².